The van der Waals surface area contributed by atoms with Crippen LogP contribution in [-0.2, 0) is 9.59 Å². The molecule has 1 rings (SSSR count). The van der Waals surface area contributed by atoms with Crippen molar-refractivity contribution >= 4 is 17.6 Å². The molecule has 22 heavy (non-hydrogen) atoms. The van der Waals surface area contributed by atoms with E-state index in [1.807, 2.05) is 30.3 Å². The molecule has 0 spiro atoms. The lowest BCUT2D eigenvalue weighted by Gasteiger charge is -2.06. The number of unbranched alkanes of at least 4 members (excludes halogenated alkanes) is 3. The van der Waals surface area contributed by atoms with Crippen molar-refractivity contribution in [2.24, 2.45) is 5.10 Å². The Balaban J connectivity index is 2.58. The number of nitrogens with zero attached hydrogens (tertiary/aromatic N) is 1. The van der Waals surface area contributed by atoms with Gasteiger partial charge in [-0.25, -0.2) is 5.43 Å². The molecule has 2 N–H and O–H groups in total. The third kappa shape index (κ3) is 7.57. The topological polar surface area (TPSA) is 78.8 Å². The molecular weight excluding hydrogens is 280 g/mol. The van der Waals surface area contributed by atoms with Gasteiger partial charge in [-0.3, -0.25) is 9.59 Å². The van der Waals surface area contributed by atoms with Crippen LogP contribution in [0, 0.1) is 0 Å². The molecule has 1 aromatic rings. The molecule has 0 saturated heterocycles. The maximum Gasteiger partial charge on any atom is 0.303 e. The molecule has 5 heteroatoms. The second-order valence-electron chi connectivity index (χ2n) is 5.16. The molecule has 0 fully saturated rings. The van der Waals surface area contributed by atoms with Crippen molar-refractivity contribution in [1.29, 1.82) is 0 Å². The Labute approximate surface area is 131 Å². The molecule has 0 saturated carbocycles. The summed E-state index contributed by atoms with van der Waals surface area (Å²) >= 11 is 0. The molecule has 0 atom stereocenters. The average Bonchev–Trinajstić information content (AvgIpc) is 2.52. The van der Waals surface area contributed by atoms with Crippen molar-refractivity contribution in [2.45, 2.75) is 51.9 Å². The van der Waals surface area contributed by atoms with Crippen LogP contribution in [0.1, 0.15) is 57.4 Å². The van der Waals surface area contributed by atoms with Crippen LogP contribution < -0.4 is 5.43 Å². The lowest BCUT2D eigenvalue weighted by atomic mass is 10.1. The summed E-state index contributed by atoms with van der Waals surface area (Å²) in [4.78, 5) is 22.5. The van der Waals surface area contributed by atoms with Crippen molar-refractivity contribution in [3.63, 3.8) is 0 Å². The number of amides is 1. The van der Waals surface area contributed by atoms with Crippen LogP contribution in [-0.4, -0.2) is 22.7 Å². The Bertz CT molecular complexity index is 498. The number of rotatable bonds is 10. The number of carbonyl (C=O) groups is 2. The number of hydrazone groups is 1. The SMILES string of the molecule is CCCCCCC(=O)NN=C(CCC(=O)O)c1ccccc1. The van der Waals surface area contributed by atoms with E-state index in [4.69, 9.17) is 5.11 Å². The first-order valence-electron chi connectivity index (χ1n) is 7.76. The summed E-state index contributed by atoms with van der Waals surface area (Å²) in [7, 11) is 0. The van der Waals surface area contributed by atoms with Crippen LogP contribution in [0.15, 0.2) is 35.4 Å². The van der Waals surface area contributed by atoms with Crippen molar-refractivity contribution in [3.05, 3.63) is 35.9 Å². The summed E-state index contributed by atoms with van der Waals surface area (Å²) in [5.74, 6) is -1.01. The Kier molecular flexibility index (Phi) is 8.57. The van der Waals surface area contributed by atoms with Gasteiger partial charge in [0.2, 0.25) is 5.91 Å². The normalized spacial score (nSPS) is 11.2. The number of nitrogens with one attached hydrogen (secondary N) is 1. The standard InChI is InChI=1S/C17H24N2O3/c1-2-3-4-8-11-16(20)19-18-15(12-13-17(21)22)14-9-6-5-7-10-14/h5-7,9-10H,2-4,8,11-13H2,1H3,(H,19,20)(H,21,22). The van der Waals surface area contributed by atoms with E-state index in [0.717, 1.165) is 31.2 Å². The highest BCUT2D eigenvalue weighted by atomic mass is 16.4. The van der Waals surface area contributed by atoms with Gasteiger partial charge in [0.25, 0.3) is 0 Å². The molecule has 0 aliphatic heterocycles. The highest BCUT2D eigenvalue weighted by molar-refractivity contribution is 6.02. The molecule has 1 aromatic carbocycles. The van der Waals surface area contributed by atoms with E-state index in [9.17, 15) is 9.59 Å². The largest absolute Gasteiger partial charge is 0.481 e. The van der Waals surface area contributed by atoms with E-state index in [1.165, 1.54) is 0 Å². The first kappa shape index (κ1) is 17.9. The molecule has 0 heterocycles. The van der Waals surface area contributed by atoms with Gasteiger partial charge in [0.1, 0.15) is 0 Å². The molecule has 0 radical (unpaired) electrons. The zero-order valence-corrected chi connectivity index (χ0v) is 13.0. The number of benzene rings is 1. The predicted octanol–water partition coefficient (Wildman–Crippen LogP) is 3.34. The third-order valence-electron chi connectivity index (χ3n) is 3.26. The van der Waals surface area contributed by atoms with E-state index in [2.05, 4.69) is 17.5 Å². The Hall–Kier alpha value is -2.17. The molecular formula is C17H24N2O3. The third-order valence-corrected chi connectivity index (χ3v) is 3.26. The minimum atomic E-state index is -0.880. The van der Waals surface area contributed by atoms with Gasteiger partial charge in [0.05, 0.1) is 12.1 Å². The summed E-state index contributed by atoms with van der Waals surface area (Å²) in [5.41, 5.74) is 3.95. The van der Waals surface area contributed by atoms with Crippen LogP contribution in [0.25, 0.3) is 0 Å². The molecule has 0 unspecified atom stereocenters. The van der Waals surface area contributed by atoms with Crippen molar-refractivity contribution in [2.75, 3.05) is 0 Å². The van der Waals surface area contributed by atoms with Gasteiger partial charge in [-0.2, -0.15) is 5.10 Å². The number of carbonyl (C=O) groups excluding carboxylic acids is 1. The van der Waals surface area contributed by atoms with E-state index in [1.54, 1.807) is 0 Å². The number of hydrogen-bond donors (Lipinski definition) is 2. The average molecular weight is 304 g/mol. The summed E-state index contributed by atoms with van der Waals surface area (Å²) in [6, 6.07) is 9.31. The van der Waals surface area contributed by atoms with Crippen LogP contribution in [0.3, 0.4) is 0 Å². The summed E-state index contributed by atoms with van der Waals surface area (Å²) in [6.45, 7) is 2.12. The predicted molar refractivity (Wildman–Crippen MR) is 86.8 cm³/mol. The fourth-order valence-electron chi connectivity index (χ4n) is 2.02. The zero-order chi connectivity index (χ0) is 16.2. The Morgan fingerprint density at radius 1 is 1.05 bits per heavy atom. The van der Waals surface area contributed by atoms with Crippen molar-refractivity contribution in [3.8, 4) is 0 Å². The number of carboxylic acids is 1. The van der Waals surface area contributed by atoms with Crippen molar-refractivity contribution < 1.29 is 14.7 Å². The number of aliphatic carboxylic acids is 1. The number of carboxylic acid groups (broad SMARTS) is 1. The van der Waals surface area contributed by atoms with Gasteiger partial charge in [-0.1, -0.05) is 56.5 Å². The molecule has 0 aliphatic carbocycles. The van der Waals surface area contributed by atoms with Gasteiger partial charge in [-0.15, -0.1) is 0 Å². The number of hydrogen-bond acceptors (Lipinski definition) is 3. The summed E-state index contributed by atoms with van der Waals surface area (Å²) in [6.07, 6.45) is 4.88. The minimum Gasteiger partial charge on any atom is -0.481 e. The summed E-state index contributed by atoms with van der Waals surface area (Å²) in [5, 5.41) is 12.9. The van der Waals surface area contributed by atoms with Crippen LogP contribution in [0.5, 0.6) is 0 Å². The van der Waals surface area contributed by atoms with Crippen LogP contribution in [0.4, 0.5) is 0 Å². The van der Waals surface area contributed by atoms with E-state index >= 15 is 0 Å². The highest BCUT2D eigenvalue weighted by Gasteiger charge is 2.08. The van der Waals surface area contributed by atoms with Crippen LogP contribution in [0.2, 0.25) is 0 Å². The fourth-order valence-corrected chi connectivity index (χ4v) is 2.02. The van der Waals surface area contributed by atoms with Crippen molar-refractivity contribution in [1.82, 2.24) is 5.43 Å². The molecule has 5 nitrogen and oxygen atoms in total. The van der Waals surface area contributed by atoms with E-state index in [0.29, 0.717) is 12.1 Å². The van der Waals surface area contributed by atoms with Gasteiger partial charge in [0.15, 0.2) is 0 Å². The summed E-state index contributed by atoms with van der Waals surface area (Å²) < 4.78 is 0. The second-order valence-corrected chi connectivity index (χ2v) is 5.16. The zero-order valence-electron chi connectivity index (χ0n) is 13.0. The maximum atomic E-state index is 11.7. The van der Waals surface area contributed by atoms with Gasteiger partial charge >= 0.3 is 5.97 Å². The van der Waals surface area contributed by atoms with Gasteiger partial charge < -0.3 is 5.11 Å². The lowest BCUT2D eigenvalue weighted by molar-refractivity contribution is -0.136. The minimum absolute atomic E-state index is 0.0138. The Morgan fingerprint density at radius 2 is 1.77 bits per heavy atom. The quantitative estimate of drug-likeness (QED) is 0.395. The smallest absolute Gasteiger partial charge is 0.303 e. The maximum absolute atomic E-state index is 11.7. The fraction of sp³-hybridized carbons (Fsp3) is 0.471. The highest BCUT2D eigenvalue weighted by Crippen LogP contribution is 2.07. The second kappa shape index (κ2) is 10.5. The van der Waals surface area contributed by atoms with Gasteiger partial charge in [0, 0.05) is 12.8 Å². The Morgan fingerprint density at radius 3 is 2.41 bits per heavy atom. The van der Waals surface area contributed by atoms with E-state index in [-0.39, 0.29) is 18.7 Å². The van der Waals surface area contributed by atoms with Gasteiger partial charge in [-0.05, 0) is 12.0 Å². The molecule has 0 aromatic heterocycles. The molecule has 0 bridgehead atoms. The lowest BCUT2D eigenvalue weighted by Crippen LogP contribution is -2.20. The molecule has 0 aliphatic rings. The monoisotopic (exact) mass is 304 g/mol. The molecule has 1 amide bonds. The molecule has 120 valence electrons. The van der Waals surface area contributed by atoms with E-state index < -0.39 is 5.97 Å². The first-order valence-corrected chi connectivity index (χ1v) is 7.76. The van der Waals surface area contributed by atoms with Crippen LogP contribution >= 0.6 is 0 Å². The first-order chi connectivity index (χ1) is 10.6.